The molecule has 5 heteroatoms. The second kappa shape index (κ2) is 6.33. The lowest BCUT2D eigenvalue weighted by Gasteiger charge is -2.28. The number of hydrogen-bond donors (Lipinski definition) is 1. The van der Waals surface area contributed by atoms with Crippen LogP contribution in [0.2, 0.25) is 0 Å². The predicted molar refractivity (Wildman–Crippen MR) is 63.8 cm³/mol. The van der Waals surface area contributed by atoms with Gasteiger partial charge in [0.25, 0.3) is 0 Å². The van der Waals surface area contributed by atoms with E-state index >= 15 is 0 Å². The molecule has 98 valence electrons. The monoisotopic (exact) mass is 242 g/mol. The fraction of sp³-hybridized carbons (Fsp3) is 0.917. The zero-order valence-electron chi connectivity index (χ0n) is 10.5. The van der Waals surface area contributed by atoms with Gasteiger partial charge >= 0.3 is 0 Å². The van der Waals surface area contributed by atoms with Gasteiger partial charge in [0.2, 0.25) is 5.91 Å². The standard InChI is InChI=1S/C12H22N2O3/c1-16-11-4-2-3-10(11)13-9-12(15)14-5-7-17-8-6-14/h10-11,13H,2-9H2,1H3. The smallest absolute Gasteiger partial charge is 0.236 e. The van der Waals surface area contributed by atoms with Gasteiger partial charge in [0.1, 0.15) is 0 Å². The van der Waals surface area contributed by atoms with Gasteiger partial charge in [0, 0.05) is 26.2 Å². The number of rotatable bonds is 4. The van der Waals surface area contributed by atoms with Gasteiger partial charge in [-0.2, -0.15) is 0 Å². The lowest BCUT2D eigenvalue weighted by molar-refractivity contribution is -0.134. The summed E-state index contributed by atoms with van der Waals surface area (Å²) in [7, 11) is 1.74. The molecule has 1 saturated carbocycles. The Bertz CT molecular complexity index is 254. The van der Waals surface area contributed by atoms with Crippen molar-refractivity contribution in [1.29, 1.82) is 0 Å². The summed E-state index contributed by atoms with van der Waals surface area (Å²) >= 11 is 0. The first kappa shape index (κ1) is 12.8. The van der Waals surface area contributed by atoms with Crippen molar-refractivity contribution in [2.24, 2.45) is 0 Å². The largest absolute Gasteiger partial charge is 0.380 e. The molecule has 17 heavy (non-hydrogen) atoms. The molecule has 2 unspecified atom stereocenters. The highest BCUT2D eigenvalue weighted by Gasteiger charge is 2.27. The van der Waals surface area contributed by atoms with E-state index in [0.717, 1.165) is 25.9 Å². The van der Waals surface area contributed by atoms with Crippen LogP contribution in [0.25, 0.3) is 0 Å². The first-order valence-electron chi connectivity index (χ1n) is 6.43. The third kappa shape index (κ3) is 3.40. The van der Waals surface area contributed by atoms with Crippen molar-refractivity contribution in [3.05, 3.63) is 0 Å². The molecule has 0 aromatic rings. The average molecular weight is 242 g/mol. The average Bonchev–Trinajstić information content (AvgIpc) is 2.84. The Kier molecular flexibility index (Phi) is 4.76. The predicted octanol–water partition coefficient (Wildman–Crippen LogP) is 0.00230. The molecule has 0 spiro atoms. The number of amides is 1. The van der Waals surface area contributed by atoms with Gasteiger partial charge in [-0.05, 0) is 19.3 Å². The van der Waals surface area contributed by atoms with Gasteiger partial charge in [-0.25, -0.2) is 0 Å². The van der Waals surface area contributed by atoms with Crippen LogP contribution in [-0.2, 0) is 14.3 Å². The summed E-state index contributed by atoms with van der Waals surface area (Å²) < 4.78 is 10.6. The van der Waals surface area contributed by atoms with Crippen LogP contribution >= 0.6 is 0 Å². The molecule has 1 heterocycles. The summed E-state index contributed by atoms with van der Waals surface area (Å²) in [5.41, 5.74) is 0. The van der Waals surface area contributed by atoms with Crippen molar-refractivity contribution in [2.75, 3.05) is 40.0 Å². The van der Waals surface area contributed by atoms with E-state index in [4.69, 9.17) is 9.47 Å². The fourth-order valence-corrected chi connectivity index (χ4v) is 2.58. The number of carbonyl (C=O) groups is 1. The SMILES string of the molecule is COC1CCCC1NCC(=O)N1CCOCC1. The molecular formula is C12H22N2O3. The van der Waals surface area contributed by atoms with Gasteiger partial charge in [-0.15, -0.1) is 0 Å². The number of nitrogens with one attached hydrogen (secondary N) is 1. The van der Waals surface area contributed by atoms with Crippen molar-refractivity contribution >= 4 is 5.91 Å². The van der Waals surface area contributed by atoms with E-state index in [1.807, 2.05) is 4.90 Å². The maximum absolute atomic E-state index is 11.9. The molecule has 1 saturated heterocycles. The molecule has 2 fully saturated rings. The molecular weight excluding hydrogens is 220 g/mol. The van der Waals surface area contributed by atoms with Crippen LogP contribution in [0, 0.1) is 0 Å². The molecule has 0 bridgehead atoms. The van der Waals surface area contributed by atoms with Crippen LogP contribution in [0.5, 0.6) is 0 Å². The van der Waals surface area contributed by atoms with E-state index in [0.29, 0.717) is 25.8 Å². The van der Waals surface area contributed by atoms with Gasteiger partial charge in [-0.3, -0.25) is 4.79 Å². The minimum Gasteiger partial charge on any atom is -0.380 e. The van der Waals surface area contributed by atoms with E-state index in [2.05, 4.69) is 5.32 Å². The Labute approximate surface area is 102 Å². The Balaban J connectivity index is 1.71. The number of hydrogen-bond acceptors (Lipinski definition) is 4. The van der Waals surface area contributed by atoms with Crippen LogP contribution in [0.3, 0.4) is 0 Å². The van der Waals surface area contributed by atoms with Crippen molar-refractivity contribution in [2.45, 2.75) is 31.4 Å². The quantitative estimate of drug-likeness (QED) is 0.754. The van der Waals surface area contributed by atoms with Crippen LogP contribution < -0.4 is 5.32 Å². The third-order valence-corrected chi connectivity index (χ3v) is 3.63. The summed E-state index contributed by atoms with van der Waals surface area (Å²) in [5, 5.41) is 3.32. The van der Waals surface area contributed by atoms with Crippen molar-refractivity contribution in [1.82, 2.24) is 10.2 Å². The summed E-state index contributed by atoms with van der Waals surface area (Å²) in [6, 6.07) is 0.338. The second-order valence-corrected chi connectivity index (χ2v) is 4.69. The Hall–Kier alpha value is -0.650. The van der Waals surface area contributed by atoms with E-state index in [-0.39, 0.29) is 12.0 Å². The first-order chi connectivity index (χ1) is 8.31. The molecule has 2 rings (SSSR count). The fourth-order valence-electron chi connectivity index (χ4n) is 2.58. The first-order valence-corrected chi connectivity index (χ1v) is 6.43. The lowest BCUT2D eigenvalue weighted by atomic mass is 10.2. The Morgan fingerprint density at radius 1 is 1.41 bits per heavy atom. The van der Waals surface area contributed by atoms with Gasteiger partial charge in [-0.1, -0.05) is 0 Å². The van der Waals surface area contributed by atoms with E-state index in [1.165, 1.54) is 6.42 Å². The molecule has 1 aliphatic heterocycles. The van der Waals surface area contributed by atoms with E-state index in [9.17, 15) is 4.79 Å². The van der Waals surface area contributed by atoms with Crippen LogP contribution in [0.15, 0.2) is 0 Å². The van der Waals surface area contributed by atoms with Crippen molar-refractivity contribution in [3.8, 4) is 0 Å². The molecule has 0 radical (unpaired) electrons. The van der Waals surface area contributed by atoms with Crippen LogP contribution in [-0.4, -0.2) is 62.9 Å². The molecule has 0 aromatic carbocycles. The molecule has 0 aromatic heterocycles. The van der Waals surface area contributed by atoms with Crippen molar-refractivity contribution in [3.63, 3.8) is 0 Å². The maximum atomic E-state index is 11.9. The highest BCUT2D eigenvalue weighted by Crippen LogP contribution is 2.21. The Morgan fingerprint density at radius 3 is 2.88 bits per heavy atom. The summed E-state index contributed by atoms with van der Waals surface area (Å²) in [6.07, 6.45) is 3.66. The molecule has 5 nitrogen and oxygen atoms in total. The minimum atomic E-state index is 0.176. The highest BCUT2D eigenvalue weighted by atomic mass is 16.5. The normalized spacial score (nSPS) is 29.6. The third-order valence-electron chi connectivity index (χ3n) is 3.63. The van der Waals surface area contributed by atoms with E-state index in [1.54, 1.807) is 7.11 Å². The van der Waals surface area contributed by atoms with Crippen LogP contribution in [0.1, 0.15) is 19.3 Å². The lowest BCUT2D eigenvalue weighted by Crippen LogP contribution is -2.47. The van der Waals surface area contributed by atoms with Crippen LogP contribution in [0.4, 0.5) is 0 Å². The van der Waals surface area contributed by atoms with Gasteiger partial charge in [0.05, 0.1) is 25.9 Å². The number of carbonyl (C=O) groups excluding carboxylic acids is 1. The topological polar surface area (TPSA) is 50.8 Å². The molecule has 2 aliphatic rings. The number of methoxy groups -OCH3 is 1. The number of nitrogens with zero attached hydrogens (tertiary/aromatic N) is 1. The summed E-state index contributed by atoms with van der Waals surface area (Å²) in [4.78, 5) is 13.8. The zero-order valence-corrected chi connectivity index (χ0v) is 10.5. The Morgan fingerprint density at radius 2 is 2.18 bits per heavy atom. The van der Waals surface area contributed by atoms with Gasteiger partial charge < -0.3 is 19.7 Å². The zero-order chi connectivity index (χ0) is 12.1. The minimum absolute atomic E-state index is 0.176. The van der Waals surface area contributed by atoms with E-state index < -0.39 is 0 Å². The molecule has 1 amide bonds. The molecule has 2 atom stereocenters. The van der Waals surface area contributed by atoms with Crippen molar-refractivity contribution < 1.29 is 14.3 Å². The second-order valence-electron chi connectivity index (χ2n) is 4.69. The van der Waals surface area contributed by atoms with Gasteiger partial charge in [0.15, 0.2) is 0 Å². The highest BCUT2D eigenvalue weighted by molar-refractivity contribution is 5.78. The number of ether oxygens (including phenoxy) is 2. The number of morpholine rings is 1. The maximum Gasteiger partial charge on any atom is 0.236 e. The molecule has 1 N–H and O–H groups in total. The molecule has 1 aliphatic carbocycles. The summed E-state index contributed by atoms with van der Waals surface area (Å²) in [6.45, 7) is 3.19. The summed E-state index contributed by atoms with van der Waals surface area (Å²) in [5.74, 6) is 0.176.